The van der Waals surface area contributed by atoms with Gasteiger partial charge < -0.3 is 5.43 Å². The third kappa shape index (κ3) is 3.37. The van der Waals surface area contributed by atoms with E-state index in [4.69, 9.17) is 0 Å². The normalized spacial score (nSPS) is 12.6. The van der Waals surface area contributed by atoms with E-state index in [-0.39, 0.29) is 5.52 Å². The topological polar surface area (TPSA) is 41.5 Å². The van der Waals surface area contributed by atoms with E-state index in [0.717, 1.165) is 32.6 Å². The summed E-state index contributed by atoms with van der Waals surface area (Å²) in [6.45, 7) is 0.677. The maximum Gasteiger partial charge on any atom is 0.313 e. The Hall–Kier alpha value is -3.55. The summed E-state index contributed by atoms with van der Waals surface area (Å²) >= 11 is 0. The fraction of sp³-hybridized carbons (Fsp3) is 0.0370. The summed E-state index contributed by atoms with van der Waals surface area (Å²) in [5, 5.41) is 7.36. The first-order chi connectivity index (χ1) is 15.3. The molecule has 1 heterocycles. The lowest BCUT2D eigenvalue weighted by atomic mass is 10.0. The van der Waals surface area contributed by atoms with Crippen LogP contribution in [0.5, 0.6) is 0 Å². The Labute approximate surface area is 182 Å². The molecule has 0 fully saturated rings. The van der Waals surface area contributed by atoms with Crippen molar-refractivity contribution in [3.63, 3.8) is 0 Å². The van der Waals surface area contributed by atoms with Crippen molar-refractivity contribution in [1.82, 2.24) is 5.43 Å². The molecule has 0 aromatic heterocycles. The maximum atomic E-state index is 14.5. The van der Waals surface area contributed by atoms with Crippen LogP contribution >= 0.6 is 7.26 Å². The van der Waals surface area contributed by atoms with E-state index in [1.165, 1.54) is 0 Å². The van der Waals surface area contributed by atoms with Gasteiger partial charge >= 0.3 is 5.52 Å². The van der Waals surface area contributed by atoms with E-state index in [9.17, 15) is 4.79 Å². The first kappa shape index (κ1) is 19.4. The second-order valence-corrected chi connectivity index (χ2v) is 10.8. The minimum atomic E-state index is -2.60. The first-order valence-corrected chi connectivity index (χ1v) is 12.1. The van der Waals surface area contributed by atoms with Gasteiger partial charge in [-0.2, -0.15) is 5.10 Å². The highest BCUT2D eigenvalue weighted by Crippen LogP contribution is 2.57. The zero-order valence-corrected chi connectivity index (χ0v) is 17.9. The molecule has 0 aliphatic carbocycles. The minimum absolute atomic E-state index is 0.158. The highest BCUT2D eigenvalue weighted by molar-refractivity contribution is 8.08. The molecular weight excluding hydrogens is 399 g/mol. The molecule has 5 rings (SSSR count). The number of carbonyl (C=O) groups excluding carboxylic acids is 1. The smallest absolute Gasteiger partial charge is 0.306 e. The number of hydrazone groups is 1. The number of hydrogen-bond donors (Lipinski definition) is 1. The Morgan fingerprint density at radius 2 is 1.23 bits per heavy atom. The van der Waals surface area contributed by atoms with Crippen molar-refractivity contribution in [2.75, 3.05) is 0 Å². The molecule has 4 aromatic carbocycles. The van der Waals surface area contributed by atoms with Crippen LogP contribution in [0.25, 0.3) is 0 Å². The predicted molar refractivity (Wildman–Crippen MR) is 130 cm³/mol. The van der Waals surface area contributed by atoms with Crippen molar-refractivity contribution in [3.05, 3.63) is 126 Å². The Morgan fingerprint density at radius 3 is 1.74 bits per heavy atom. The summed E-state index contributed by atoms with van der Waals surface area (Å²) in [4.78, 5) is 14.5. The van der Waals surface area contributed by atoms with Crippen molar-refractivity contribution >= 4 is 34.9 Å². The van der Waals surface area contributed by atoms with Gasteiger partial charge in [-0.3, -0.25) is 0 Å². The summed E-state index contributed by atoms with van der Waals surface area (Å²) < 4.78 is 0. The Morgan fingerprint density at radius 1 is 0.710 bits per heavy atom. The maximum absolute atomic E-state index is 14.5. The second-order valence-electron chi connectivity index (χ2n) is 7.49. The lowest BCUT2D eigenvalue weighted by Crippen LogP contribution is -2.36. The Balaban J connectivity index is 1.80. The van der Waals surface area contributed by atoms with Crippen LogP contribution in [-0.4, -0.2) is 11.7 Å². The van der Waals surface area contributed by atoms with Gasteiger partial charge in [-0.25, -0.2) is 4.79 Å². The average molecular weight is 421 g/mol. The first-order valence-electron chi connectivity index (χ1n) is 10.3. The molecule has 0 atom stereocenters. The molecule has 0 saturated carbocycles. The number of nitrogens with one attached hydrogen (secondary N) is 1. The van der Waals surface area contributed by atoms with E-state index in [1.807, 2.05) is 72.8 Å². The molecular formula is C27H22N2OP+. The summed E-state index contributed by atoms with van der Waals surface area (Å²) in [6.07, 6.45) is 1.79. The average Bonchev–Trinajstić information content (AvgIpc) is 2.86. The summed E-state index contributed by atoms with van der Waals surface area (Å²) in [7, 11) is -2.60. The number of fused-ring (bicyclic) bond motifs is 1. The van der Waals surface area contributed by atoms with Crippen LogP contribution in [0.2, 0.25) is 0 Å². The van der Waals surface area contributed by atoms with Crippen LogP contribution in [-0.2, 0) is 6.54 Å². The van der Waals surface area contributed by atoms with Gasteiger partial charge in [-0.1, -0.05) is 60.7 Å². The SMILES string of the molecule is O=C(c1ccc2c(c1)C=NNC2)[P+](c1ccccc1)(c1ccccc1)c1ccccc1. The second kappa shape index (κ2) is 8.29. The standard InChI is InChI=1S/C27H22N2OP/c30-27(21-16-17-22-19-28-29-20-23(22)18-21)31(24-10-4-1-5-11-24,25-12-6-2-7-13-25)26-14-8-3-9-15-26/h1-18,20,28H,19H2/q+1. The zero-order valence-electron chi connectivity index (χ0n) is 17.0. The van der Waals surface area contributed by atoms with Gasteiger partial charge in [0.15, 0.2) is 7.26 Å². The molecule has 1 aliphatic rings. The molecule has 4 aromatic rings. The van der Waals surface area contributed by atoms with Crippen molar-refractivity contribution in [2.45, 2.75) is 6.54 Å². The van der Waals surface area contributed by atoms with Crippen molar-refractivity contribution in [1.29, 1.82) is 0 Å². The van der Waals surface area contributed by atoms with Gasteiger partial charge in [0, 0.05) is 5.56 Å². The van der Waals surface area contributed by atoms with E-state index in [2.05, 4.69) is 46.9 Å². The fourth-order valence-corrected chi connectivity index (χ4v) is 8.18. The van der Waals surface area contributed by atoms with Gasteiger partial charge in [-0.05, 0) is 54.1 Å². The van der Waals surface area contributed by atoms with Gasteiger partial charge in [0.1, 0.15) is 15.9 Å². The Kier molecular flexibility index (Phi) is 5.19. The van der Waals surface area contributed by atoms with Gasteiger partial charge in [0.05, 0.1) is 18.3 Å². The van der Waals surface area contributed by atoms with Crippen LogP contribution in [0.3, 0.4) is 0 Å². The minimum Gasteiger partial charge on any atom is -0.306 e. The number of rotatable bonds is 5. The highest BCUT2D eigenvalue weighted by Gasteiger charge is 2.53. The number of benzene rings is 4. The molecule has 0 bridgehead atoms. The molecule has 1 N–H and O–H groups in total. The third-order valence-electron chi connectivity index (χ3n) is 5.69. The molecule has 150 valence electrons. The third-order valence-corrected chi connectivity index (χ3v) is 9.78. The van der Waals surface area contributed by atoms with Gasteiger partial charge in [0.2, 0.25) is 0 Å². The summed E-state index contributed by atoms with van der Waals surface area (Å²) in [5.41, 5.74) is 6.01. The largest absolute Gasteiger partial charge is 0.313 e. The van der Waals surface area contributed by atoms with Crippen LogP contribution in [0.1, 0.15) is 21.5 Å². The molecule has 4 heteroatoms. The van der Waals surface area contributed by atoms with Crippen LogP contribution in [0.15, 0.2) is 114 Å². The summed E-state index contributed by atoms with van der Waals surface area (Å²) in [5.74, 6) is 0. The summed E-state index contributed by atoms with van der Waals surface area (Å²) in [6, 6.07) is 36.7. The van der Waals surface area contributed by atoms with Crippen molar-refractivity contribution < 1.29 is 4.79 Å². The van der Waals surface area contributed by atoms with Crippen molar-refractivity contribution in [3.8, 4) is 0 Å². The van der Waals surface area contributed by atoms with E-state index >= 15 is 0 Å². The molecule has 31 heavy (non-hydrogen) atoms. The predicted octanol–water partition coefficient (Wildman–Crippen LogP) is 4.26. The molecule has 0 unspecified atom stereocenters. The number of nitrogens with zero attached hydrogens (tertiary/aromatic N) is 1. The van der Waals surface area contributed by atoms with Crippen LogP contribution in [0, 0.1) is 0 Å². The zero-order chi connectivity index (χ0) is 21.1. The lowest BCUT2D eigenvalue weighted by Gasteiger charge is -2.25. The molecule has 0 saturated heterocycles. The van der Waals surface area contributed by atoms with Crippen LogP contribution < -0.4 is 21.3 Å². The molecule has 3 nitrogen and oxygen atoms in total. The fourth-order valence-electron chi connectivity index (χ4n) is 4.20. The van der Waals surface area contributed by atoms with E-state index in [1.54, 1.807) is 6.21 Å². The van der Waals surface area contributed by atoms with Crippen LogP contribution in [0.4, 0.5) is 0 Å². The lowest BCUT2D eigenvalue weighted by molar-refractivity contribution is 0.108. The van der Waals surface area contributed by atoms with Gasteiger partial charge in [0.25, 0.3) is 0 Å². The Bertz CT molecular complexity index is 1140. The van der Waals surface area contributed by atoms with Gasteiger partial charge in [-0.15, -0.1) is 0 Å². The van der Waals surface area contributed by atoms with Crippen molar-refractivity contribution in [2.24, 2.45) is 5.10 Å². The molecule has 0 amide bonds. The number of hydrogen-bond acceptors (Lipinski definition) is 3. The monoisotopic (exact) mass is 421 g/mol. The van der Waals surface area contributed by atoms with E-state index < -0.39 is 7.26 Å². The number of carbonyl (C=O) groups is 1. The highest BCUT2D eigenvalue weighted by atomic mass is 31.2. The molecule has 0 spiro atoms. The molecule has 0 radical (unpaired) electrons. The van der Waals surface area contributed by atoms with E-state index in [0.29, 0.717) is 6.54 Å². The quantitative estimate of drug-likeness (QED) is 0.490. The molecule has 1 aliphatic heterocycles.